The number of carboxylic acids is 1. The topological polar surface area (TPSA) is 40.1 Å². The first-order valence-corrected chi connectivity index (χ1v) is 2.85. The zero-order valence-electron chi connectivity index (χ0n) is 5.88. The number of thiophene rings is 1. The molecule has 0 bridgehead atoms. The van der Waals surface area contributed by atoms with Crippen LogP contribution in [0.3, 0.4) is 0 Å². The van der Waals surface area contributed by atoms with Crippen LogP contribution in [-0.4, -0.2) is 5.97 Å². The van der Waals surface area contributed by atoms with Crippen LogP contribution in [0.25, 0.3) is 0 Å². The molecular weight excluding hydrogens is 138 g/mol. The van der Waals surface area contributed by atoms with Crippen molar-refractivity contribution in [2.45, 2.75) is 0 Å². The van der Waals surface area contributed by atoms with E-state index in [4.69, 9.17) is 0 Å². The van der Waals surface area contributed by atoms with E-state index in [0.717, 1.165) is 11.3 Å². The zero-order chi connectivity index (χ0) is 5.98. The van der Waals surface area contributed by atoms with Gasteiger partial charge in [-0.15, -0.1) is 5.38 Å². The Morgan fingerprint density at radius 1 is 1.60 bits per heavy atom. The summed E-state index contributed by atoms with van der Waals surface area (Å²) in [5, 5.41) is 11.6. The number of aromatic carboxylic acids is 1. The zero-order valence-corrected chi connectivity index (χ0v) is 6.70. The minimum absolute atomic E-state index is 0. The fourth-order valence-corrected chi connectivity index (χ4v) is 0.857. The maximum Gasteiger partial charge on any atom is 1.00 e. The van der Waals surface area contributed by atoms with Gasteiger partial charge in [-0.2, -0.15) is 12.1 Å². The molecule has 10 heavy (non-hydrogen) atoms. The molecule has 1 aromatic rings. The van der Waals surface area contributed by atoms with Crippen LogP contribution < -0.4 is 42.8 Å². The van der Waals surface area contributed by atoms with E-state index >= 15 is 0 Å². The Morgan fingerprint density at radius 3 is 2.40 bits per heavy atom. The molecule has 2 nitrogen and oxygen atoms in total. The molecular formula is C5H2Li2O2S. The molecule has 5 heteroatoms. The van der Waals surface area contributed by atoms with Crippen molar-refractivity contribution in [2.24, 2.45) is 0 Å². The van der Waals surface area contributed by atoms with Crippen molar-refractivity contribution in [3.63, 3.8) is 0 Å². The predicted octanol–water partition coefficient (Wildman–Crippen LogP) is -6.08. The average Bonchev–Trinajstić information content (AvgIpc) is 2.12. The van der Waals surface area contributed by atoms with E-state index in [9.17, 15) is 9.90 Å². The van der Waals surface area contributed by atoms with Gasteiger partial charge in [-0.1, -0.05) is 4.88 Å². The smallest absolute Gasteiger partial charge is 0.620 e. The van der Waals surface area contributed by atoms with Crippen LogP contribution in [0.1, 0.15) is 9.67 Å². The Kier molecular flexibility index (Phi) is 7.92. The van der Waals surface area contributed by atoms with Gasteiger partial charge in [0.05, 0.1) is 0 Å². The van der Waals surface area contributed by atoms with Gasteiger partial charge in [0.25, 0.3) is 0 Å². The molecule has 0 aromatic carbocycles. The van der Waals surface area contributed by atoms with Gasteiger partial charge in [-0.25, -0.2) is 11.3 Å². The van der Waals surface area contributed by atoms with Gasteiger partial charge in [-0.05, 0) is 5.97 Å². The van der Waals surface area contributed by atoms with Gasteiger partial charge in [0, 0.05) is 0 Å². The molecule has 0 atom stereocenters. The summed E-state index contributed by atoms with van der Waals surface area (Å²) >= 11 is 1.11. The standard InChI is InChI=1S/C5H3O2S.2Li/c6-5(7)4-2-1-3-8-4;;/h1,3H,(H,6,7);;/q-1;2*+1/p-1. The number of carbonyl (C=O) groups is 1. The summed E-state index contributed by atoms with van der Waals surface area (Å²) in [6, 6.07) is 4.04. The molecule has 0 spiro atoms. The Bertz CT molecular complexity index is 186. The van der Waals surface area contributed by atoms with Crippen LogP contribution in [-0.2, 0) is 0 Å². The van der Waals surface area contributed by atoms with E-state index in [0.29, 0.717) is 0 Å². The third-order valence-corrected chi connectivity index (χ3v) is 1.45. The molecule has 0 amide bonds. The first kappa shape index (κ1) is 13.0. The van der Waals surface area contributed by atoms with E-state index in [1.165, 1.54) is 0 Å². The summed E-state index contributed by atoms with van der Waals surface area (Å²) in [7, 11) is 0. The summed E-state index contributed by atoms with van der Waals surface area (Å²) < 4.78 is 0. The molecule has 0 radical (unpaired) electrons. The third kappa shape index (κ3) is 3.51. The molecule has 1 aromatic heterocycles. The maximum absolute atomic E-state index is 9.93. The summed E-state index contributed by atoms with van der Waals surface area (Å²) in [5.41, 5.74) is 0. The van der Waals surface area contributed by atoms with Crippen molar-refractivity contribution in [3.05, 3.63) is 22.4 Å². The summed E-state index contributed by atoms with van der Waals surface area (Å²) in [4.78, 5) is 10.1. The molecule has 0 aliphatic rings. The minimum Gasteiger partial charge on any atom is -0.620 e. The fourth-order valence-electron chi connectivity index (χ4n) is 0.353. The van der Waals surface area contributed by atoms with Gasteiger partial charge >= 0.3 is 37.7 Å². The molecule has 0 saturated heterocycles. The Labute approximate surface area is 87.0 Å². The minimum atomic E-state index is -1.15. The van der Waals surface area contributed by atoms with E-state index in [-0.39, 0.29) is 42.6 Å². The molecule has 0 saturated carbocycles. The normalized spacial score (nSPS) is 7.20. The molecule has 0 aliphatic carbocycles. The maximum atomic E-state index is 9.93. The van der Waals surface area contributed by atoms with Gasteiger partial charge < -0.3 is 9.90 Å². The van der Waals surface area contributed by atoms with Crippen molar-refractivity contribution in [1.29, 1.82) is 0 Å². The van der Waals surface area contributed by atoms with E-state index in [1.807, 2.05) is 0 Å². The number of carboxylic acid groups (broad SMARTS) is 1. The average molecular weight is 140 g/mol. The summed E-state index contributed by atoms with van der Waals surface area (Å²) in [5.74, 6) is -1.15. The SMILES string of the molecule is O=C([O-])c1[c-]ccs1.[Li+].[Li+]. The molecule has 1 heterocycles. The van der Waals surface area contributed by atoms with Crippen LogP contribution in [0.2, 0.25) is 0 Å². The molecule has 0 aliphatic heterocycles. The largest absolute Gasteiger partial charge is 1.00 e. The van der Waals surface area contributed by atoms with E-state index < -0.39 is 5.97 Å². The third-order valence-electron chi connectivity index (χ3n) is 0.654. The molecule has 0 N–H and O–H groups in total. The molecule has 42 valence electrons. The summed E-state index contributed by atoms with van der Waals surface area (Å²) in [6.07, 6.45) is 0. The van der Waals surface area contributed by atoms with Crippen molar-refractivity contribution < 1.29 is 47.6 Å². The second-order valence-electron chi connectivity index (χ2n) is 1.18. The number of rotatable bonds is 1. The van der Waals surface area contributed by atoms with Gasteiger partial charge in [0.15, 0.2) is 0 Å². The quantitative estimate of drug-likeness (QED) is 0.287. The van der Waals surface area contributed by atoms with E-state index in [2.05, 4.69) is 6.07 Å². The van der Waals surface area contributed by atoms with Crippen LogP contribution in [0.15, 0.2) is 11.4 Å². The van der Waals surface area contributed by atoms with Gasteiger partial charge in [-0.3, -0.25) is 0 Å². The first-order valence-electron chi connectivity index (χ1n) is 1.97. The fraction of sp³-hybridized carbons (Fsp3) is 0. The van der Waals surface area contributed by atoms with Crippen LogP contribution >= 0.6 is 11.3 Å². The Balaban J connectivity index is 0. The molecule has 0 unspecified atom stereocenters. The van der Waals surface area contributed by atoms with Crippen molar-refractivity contribution >= 4 is 17.3 Å². The van der Waals surface area contributed by atoms with Crippen molar-refractivity contribution in [1.82, 2.24) is 0 Å². The monoisotopic (exact) mass is 140 g/mol. The van der Waals surface area contributed by atoms with Crippen molar-refractivity contribution in [3.8, 4) is 0 Å². The Hall–Kier alpha value is 0.365. The van der Waals surface area contributed by atoms with Crippen LogP contribution in [0.5, 0.6) is 0 Å². The van der Waals surface area contributed by atoms with Gasteiger partial charge in [0.2, 0.25) is 0 Å². The number of carbonyl (C=O) groups excluding carboxylic acids is 1. The van der Waals surface area contributed by atoms with Gasteiger partial charge in [0.1, 0.15) is 0 Å². The van der Waals surface area contributed by atoms with Crippen LogP contribution in [0, 0.1) is 6.07 Å². The predicted molar refractivity (Wildman–Crippen MR) is 27.5 cm³/mol. The summed E-state index contributed by atoms with van der Waals surface area (Å²) in [6.45, 7) is 0. The molecule has 0 fully saturated rings. The molecule has 1 rings (SSSR count). The second-order valence-corrected chi connectivity index (χ2v) is 2.10. The Morgan fingerprint density at radius 2 is 2.20 bits per heavy atom. The van der Waals surface area contributed by atoms with Crippen molar-refractivity contribution in [2.75, 3.05) is 0 Å². The second kappa shape index (κ2) is 6.10. The van der Waals surface area contributed by atoms with E-state index in [1.54, 1.807) is 11.4 Å². The number of hydrogen-bond acceptors (Lipinski definition) is 3. The van der Waals surface area contributed by atoms with Crippen LogP contribution in [0.4, 0.5) is 0 Å². The number of hydrogen-bond donors (Lipinski definition) is 0. The first-order chi connectivity index (χ1) is 3.80.